The molecule has 0 unspecified atom stereocenters. The van der Waals surface area contributed by atoms with Gasteiger partial charge in [0.2, 0.25) is 0 Å². The van der Waals surface area contributed by atoms with Crippen molar-refractivity contribution in [2.45, 2.75) is 45.7 Å². The summed E-state index contributed by atoms with van der Waals surface area (Å²) in [7, 11) is 0. The van der Waals surface area contributed by atoms with Gasteiger partial charge < -0.3 is 10.4 Å². The van der Waals surface area contributed by atoms with E-state index in [4.69, 9.17) is 23.2 Å². The normalized spacial score (nSPS) is 11.8. The maximum atomic E-state index is 9.82. The Kier molecular flexibility index (Phi) is 5.11. The summed E-state index contributed by atoms with van der Waals surface area (Å²) >= 11 is 11.8. The fourth-order valence-corrected chi connectivity index (χ4v) is 2.34. The highest BCUT2D eigenvalue weighted by atomic mass is 35.5. The average Bonchev–Trinajstić information content (AvgIpc) is 2.21. The zero-order chi connectivity index (χ0) is 13.1. The molecule has 96 valence electrons. The Morgan fingerprint density at radius 1 is 1.29 bits per heavy atom. The SMILES string of the molecule is CCCC(C)(C)NCc1cc(Cl)cc(Cl)c1O. The Hall–Kier alpha value is -0.440. The molecule has 0 saturated carbocycles. The van der Waals surface area contributed by atoms with Gasteiger partial charge in [-0.1, -0.05) is 36.5 Å². The van der Waals surface area contributed by atoms with Crippen molar-refractivity contribution < 1.29 is 5.11 Å². The van der Waals surface area contributed by atoms with E-state index in [1.807, 2.05) is 0 Å². The molecule has 0 amide bonds. The van der Waals surface area contributed by atoms with Crippen LogP contribution < -0.4 is 5.32 Å². The summed E-state index contributed by atoms with van der Waals surface area (Å²) in [5, 5.41) is 14.0. The minimum atomic E-state index is 0.0377. The third kappa shape index (κ3) is 4.38. The first-order valence-electron chi connectivity index (χ1n) is 5.77. The monoisotopic (exact) mass is 275 g/mol. The van der Waals surface area contributed by atoms with E-state index in [2.05, 4.69) is 26.1 Å². The zero-order valence-electron chi connectivity index (χ0n) is 10.5. The second kappa shape index (κ2) is 5.94. The van der Waals surface area contributed by atoms with Crippen LogP contribution in [-0.4, -0.2) is 10.6 Å². The Morgan fingerprint density at radius 3 is 2.53 bits per heavy atom. The molecule has 0 bridgehead atoms. The predicted molar refractivity (Wildman–Crippen MR) is 74.0 cm³/mol. The average molecular weight is 276 g/mol. The number of rotatable bonds is 5. The van der Waals surface area contributed by atoms with Crippen molar-refractivity contribution in [3.8, 4) is 5.75 Å². The molecule has 0 aromatic heterocycles. The number of benzene rings is 1. The number of nitrogens with one attached hydrogen (secondary N) is 1. The van der Waals surface area contributed by atoms with Gasteiger partial charge in [0.05, 0.1) is 5.02 Å². The van der Waals surface area contributed by atoms with Gasteiger partial charge in [-0.15, -0.1) is 0 Å². The molecule has 1 aromatic carbocycles. The van der Waals surface area contributed by atoms with Crippen molar-refractivity contribution in [2.75, 3.05) is 0 Å². The number of hydrogen-bond donors (Lipinski definition) is 2. The zero-order valence-corrected chi connectivity index (χ0v) is 12.0. The van der Waals surface area contributed by atoms with Crippen molar-refractivity contribution in [1.82, 2.24) is 5.32 Å². The summed E-state index contributed by atoms with van der Waals surface area (Å²) in [4.78, 5) is 0. The van der Waals surface area contributed by atoms with Crippen molar-refractivity contribution >= 4 is 23.2 Å². The van der Waals surface area contributed by atoms with Crippen LogP contribution in [0, 0.1) is 0 Å². The van der Waals surface area contributed by atoms with Crippen LogP contribution >= 0.6 is 23.2 Å². The maximum Gasteiger partial charge on any atom is 0.138 e. The lowest BCUT2D eigenvalue weighted by Crippen LogP contribution is -2.38. The second-order valence-electron chi connectivity index (χ2n) is 4.88. The quantitative estimate of drug-likeness (QED) is 0.837. The molecule has 0 aliphatic carbocycles. The molecule has 0 saturated heterocycles. The second-order valence-corrected chi connectivity index (χ2v) is 5.73. The van der Waals surface area contributed by atoms with Crippen LogP contribution in [0.5, 0.6) is 5.75 Å². The Bertz CT molecular complexity index is 391. The van der Waals surface area contributed by atoms with Gasteiger partial charge in [-0.05, 0) is 32.4 Å². The Morgan fingerprint density at radius 2 is 1.94 bits per heavy atom. The van der Waals surface area contributed by atoms with Crippen molar-refractivity contribution in [1.29, 1.82) is 0 Å². The van der Waals surface area contributed by atoms with E-state index in [-0.39, 0.29) is 11.3 Å². The summed E-state index contributed by atoms with van der Waals surface area (Å²) < 4.78 is 0. The van der Waals surface area contributed by atoms with Gasteiger partial charge >= 0.3 is 0 Å². The first-order valence-corrected chi connectivity index (χ1v) is 6.53. The van der Waals surface area contributed by atoms with E-state index in [9.17, 15) is 5.11 Å². The van der Waals surface area contributed by atoms with Crippen molar-refractivity contribution in [3.05, 3.63) is 27.7 Å². The molecule has 0 spiro atoms. The van der Waals surface area contributed by atoms with Crippen LogP contribution in [0.3, 0.4) is 0 Å². The highest BCUT2D eigenvalue weighted by molar-refractivity contribution is 6.35. The number of phenols is 1. The van der Waals surface area contributed by atoms with Gasteiger partial charge in [-0.2, -0.15) is 0 Å². The van der Waals surface area contributed by atoms with Crippen LogP contribution in [0.2, 0.25) is 10.0 Å². The molecule has 1 rings (SSSR count). The van der Waals surface area contributed by atoms with E-state index in [0.717, 1.165) is 18.4 Å². The van der Waals surface area contributed by atoms with Crippen LogP contribution in [-0.2, 0) is 6.54 Å². The summed E-state index contributed by atoms with van der Waals surface area (Å²) in [6, 6.07) is 3.27. The number of hydrogen-bond acceptors (Lipinski definition) is 2. The molecule has 2 N–H and O–H groups in total. The molecule has 2 nitrogen and oxygen atoms in total. The Balaban J connectivity index is 2.76. The van der Waals surface area contributed by atoms with Gasteiger partial charge in [0.25, 0.3) is 0 Å². The standard InChI is InChI=1S/C13H19Cl2NO/c1-4-5-13(2,3)16-8-9-6-10(14)7-11(15)12(9)17/h6-7,16-17H,4-5,8H2,1-3H3. The van der Waals surface area contributed by atoms with E-state index in [1.54, 1.807) is 12.1 Å². The highest BCUT2D eigenvalue weighted by Crippen LogP contribution is 2.31. The lowest BCUT2D eigenvalue weighted by Gasteiger charge is -2.26. The molecular weight excluding hydrogens is 257 g/mol. The fourth-order valence-electron chi connectivity index (χ4n) is 1.80. The van der Waals surface area contributed by atoms with E-state index >= 15 is 0 Å². The van der Waals surface area contributed by atoms with Gasteiger partial charge in [0, 0.05) is 22.7 Å². The fraction of sp³-hybridized carbons (Fsp3) is 0.538. The first-order chi connectivity index (χ1) is 7.85. The maximum absolute atomic E-state index is 9.82. The van der Waals surface area contributed by atoms with E-state index < -0.39 is 0 Å². The Labute approximate surface area is 113 Å². The van der Waals surface area contributed by atoms with Crippen molar-refractivity contribution in [3.63, 3.8) is 0 Å². The molecule has 0 heterocycles. The van der Waals surface area contributed by atoms with E-state index in [1.165, 1.54) is 0 Å². The predicted octanol–water partition coefficient (Wildman–Crippen LogP) is 4.37. The lowest BCUT2D eigenvalue weighted by molar-refractivity contribution is 0.353. The van der Waals surface area contributed by atoms with Crippen LogP contribution in [0.4, 0.5) is 0 Å². The van der Waals surface area contributed by atoms with Gasteiger partial charge in [0.15, 0.2) is 0 Å². The van der Waals surface area contributed by atoms with Crippen molar-refractivity contribution in [2.24, 2.45) is 0 Å². The molecule has 17 heavy (non-hydrogen) atoms. The summed E-state index contributed by atoms with van der Waals surface area (Å²) in [5.74, 6) is 0.107. The smallest absolute Gasteiger partial charge is 0.138 e. The molecular formula is C13H19Cl2NO. The van der Waals surface area contributed by atoms with Crippen LogP contribution in [0.25, 0.3) is 0 Å². The van der Waals surface area contributed by atoms with Crippen LogP contribution in [0.1, 0.15) is 39.2 Å². The number of halogens is 2. The van der Waals surface area contributed by atoms with Gasteiger partial charge in [-0.25, -0.2) is 0 Å². The lowest BCUT2D eigenvalue weighted by atomic mass is 9.98. The topological polar surface area (TPSA) is 32.3 Å². The van der Waals surface area contributed by atoms with E-state index in [0.29, 0.717) is 16.6 Å². The molecule has 0 aliphatic heterocycles. The molecule has 0 aliphatic rings. The number of phenolic OH excluding ortho intramolecular Hbond substituents is 1. The van der Waals surface area contributed by atoms with Crippen LogP contribution in [0.15, 0.2) is 12.1 Å². The summed E-state index contributed by atoms with van der Waals surface area (Å²) in [5.41, 5.74) is 0.766. The van der Waals surface area contributed by atoms with Gasteiger partial charge in [-0.3, -0.25) is 0 Å². The third-order valence-corrected chi connectivity index (χ3v) is 3.25. The minimum Gasteiger partial charge on any atom is -0.506 e. The minimum absolute atomic E-state index is 0.0377. The molecule has 0 radical (unpaired) electrons. The largest absolute Gasteiger partial charge is 0.506 e. The molecule has 4 heteroatoms. The summed E-state index contributed by atoms with van der Waals surface area (Å²) in [6.07, 6.45) is 2.18. The molecule has 0 fully saturated rings. The first kappa shape index (κ1) is 14.6. The number of aromatic hydroxyl groups is 1. The highest BCUT2D eigenvalue weighted by Gasteiger charge is 2.17. The molecule has 1 aromatic rings. The van der Waals surface area contributed by atoms with Gasteiger partial charge in [0.1, 0.15) is 5.75 Å². The summed E-state index contributed by atoms with van der Waals surface area (Å²) in [6.45, 7) is 6.98. The molecule has 0 atom stereocenters. The third-order valence-electron chi connectivity index (χ3n) is 2.74.